The normalized spacial score (nSPS) is 22.0. The summed E-state index contributed by atoms with van der Waals surface area (Å²) < 4.78 is 23.0. The van der Waals surface area contributed by atoms with E-state index in [4.69, 9.17) is 0 Å². The lowest BCUT2D eigenvalue weighted by Crippen LogP contribution is -2.37. The first-order valence-corrected chi connectivity index (χ1v) is 9.23. The molecule has 0 aliphatic carbocycles. The molecule has 1 aromatic carbocycles. The number of hydrogen-bond acceptors (Lipinski definition) is 3. The molecule has 1 amide bonds. The summed E-state index contributed by atoms with van der Waals surface area (Å²) in [6.45, 7) is 4.30. The molecule has 0 spiro atoms. The van der Waals surface area contributed by atoms with E-state index >= 15 is 0 Å². The van der Waals surface area contributed by atoms with Crippen molar-refractivity contribution in [1.29, 1.82) is 0 Å². The van der Waals surface area contributed by atoms with Gasteiger partial charge in [-0.25, -0.2) is 8.42 Å². The van der Waals surface area contributed by atoms with E-state index in [1.54, 1.807) is 11.9 Å². The molecule has 116 valence electrons. The smallest absolute Gasteiger partial charge is 0.253 e. The largest absolute Gasteiger partial charge is 0.338 e. The summed E-state index contributed by atoms with van der Waals surface area (Å²) in [6.07, 6.45) is 1.60. The minimum absolute atomic E-state index is 0.0835. The van der Waals surface area contributed by atoms with Crippen LogP contribution in [0.1, 0.15) is 48.5 Å². The molecule has 1 fully saturated rings. The van der Waals surface area contributed by atoms with Crippen LogP contribution in [-0.2, 0) is 9.84 Å². The summed E-state index contributed by atoms with van der Waals surface area (Å²) >= 11 is 0. The highest BCUT2D eigenvalue weighted by atomic mass is 32.2. The van der Waals surface area contributed by atoms with E-state index in [1.807, 2.05) is 24.3 Å². The monoisotopic (exact) mass is 309 g/mol. The van der Waals surface area contributed by atoms with Gasteiger partial charge >= 0.3 is 0 Å². The zero-order chi connectivity index (χ0) is 15.6. The number of benzene rings is 1. The van der Waals surface area contributed by atoms with Crippen LogP contribution < -0.4 is 0 Å². The fourth-order valence-electron chi connectivity index (χ4n) is 2.64. The van der Waals surface area contributed by atoms with E-state index < -0.39 is 9.84 Å². The molecule has 1 aliphatic heterocycles. The zero-order valence-corrected chi connectivity index (χ0v) is 13.7. The number of hydrogen-bond donors (Lipinski definition) is 0. The van der Waals surface area contributed by atoms with Crippen LogP contribution in [0.5, 0.6) is 0 Å². The molecule has 0 N–H and O–H groups in total. The summed E-state index contributed by atoms with van der Waals surface area (Å²) in [5, 5.41) is 0. The average molecular weight is 309 g/mol. The van der Waals surface area contributed by atoms with Crippen LogP contribution in [0.25, 0.3) is 0 Å². The molecule has 2 unspecified atom stereocenters. The number of carbonyl (C=O) groups excluding carboxylic acids is 1. The minimum atomic E-state index is -2.97. The molecule has 2 rings (SSSR count). The lowest BCUT2D eigenvalue weighted by molar-refractivity contribution is 0.0747. The van der Waals surface area contributed by atoms with Crippen LogP contribution in [0, 0.1) is 0 Å². The maximum atomic E-state index is 12.4. The number of sulfone groups is 1. The second-order valence-electron chi connectivity index (χ2n) is 5.90. The Labute approximate surface area is 127 Å². The van der Waals surface area contributed by atoms with Crippen LogP contribution in [0.15, 0.2) is 24.3 Å². The number of rotatable bonds is 4. The van der Waals surface area contributed by atoms with Crippen molar-refractivity contribution in [2.45, 2.75) is 38.6 Å². The van der Waals surface area contributed by atoms with Crippen molar-refractivity contribution < 1.29 is 13.2 Å². The topological polar surface area (TPSA) is 54.5 Å². The third kappa shape index (κ3) is 3.64. The predicted molar refractivity (Wildman–Crippen MR) is 84.3 cm³/mol. The Kier molecular flexibility index (Phi) is 4.71. The highest BCUT2D eigenvalue weighted by Gasteiger charge is 2.32. The maximum Gasteiger partial charge on any atom is 0.253 e. The van der Waals surface area contributed by atoms with E-state index in [1.165, 1.54) is 5.56 Å². The highest BCUT2D eigenvalue weighted by Crippen LogP contribution is 2.21. The average Bonchev–Trinajstić information content (AvgIpc) is 2.85. The van der Waals surface area contributed by atoms with E-state index in [0.717, 1.165) is 6.42 Å². The van der Waals surface area contributed by atoms with Crippen molar-refractivity contribution in [3.05, 3.63) is 35.4 Å². The van der Waals surface area contributed by atoms with Crippen molar-refractivity contribution in [3.63, 3.8) is 0 Å². The molecule has 2 atom stereocenters. The number of amides is 1. The Bertz CT molecular complexity index is 607. The van der Waals surface area contributed by atoms with Gasteiger partial charge in [-0.2, -0.15) is 0 Å². The van der Waals surface area contributed by atoms with Crippen molar-refractivity contribution in [2.24, 2.45) is 0 Å². The molecule has 0 aromatic heterocycles. The van der Waals surface area contributed by atoms with Gasteiger partial charge in [-0.05, 0) is 36.5 Å². The Balaban J connectivity index is 2.09. The fourth-order valence-corrected chi connectivity index (χ4v) is 4.41. The van der Waals surface area contributed by atoms with Crippen molar-refractivity contribution in [2.75, 3.05) is 18.6 Å². The molecular formula is C16H23NO3S. The van der Waals surface area contributed by atoms with Crippen molar-refractivity contribution in [3.8, 4) is 0 Å². The molecule has 4 nitrogen and oxygen atoms in total. The molecule has 1 aromatic rings. The first kappa shape index (κ1) is 16.0. The Morgan fingerprint density at radius 1 is 1.33 bits per heavy atom. The van der Waals surface area contributed by atoms with Gasteiger partial charge in [0.05, 0.1) is 11.5 Å². The minimum Gasteiger partial charge on any atom is -0.338 e. The van der Waals surface area contributed by atoms with Crippen molar-refractivity contribution in [1.82, 2.24) is 4.90 Å². The van der Waals surface area contributed by atoms with E-state index in [9.17, 15) is 13.2 Å². The second kappa shape index (κ2) is 6.18. The standard InChI is InChI=1S/C16H23NO3S/c1-4-12(2)13-5-7-14(8-6-13)16(18)17(3)15-9-10-21(19,20)11-15/h5-8,12,15H,4,9-11H2,1-3H3. The lowest BCUT2D eigenvalue weighted by Gasteiger charge is -2.23. The first-order chi connectivity index (χ1) is 9.84. The van der Waals surface area contributed by atoms with Gasteiger partial charge in [-0.15, -0.1) is 0 Å². The van der Waals surface area contributed by atoms with Crippen LogP contribution >= 0.6 is 0 Å². The van der Waals surface area contributed by atoms with E-state index in [2.05, 4.69) is 13.8 Å². The van der Waals surface area contributed by atoms with Crippen LogP contribution in [0.2, 0.25) is 0 Å². The summed E-state index contributed by atoms with van der Waals surface area (Å²) in [7, 11) is -1.28. The summed E-state index contributed by atoms with van der Waals surface area (Å²) in [4.78, 5) is 14.0. The van der Waals surface area contributed by atoms with Gasteiger partial charge in [-0.3, -0.25) is 4.79 Å². The fraction of sp³-hybridized carbons (Fsp3) is 0.562. The molecule has 1 aliphatic rings. The van der Waals surface area contributed by atoms with Gasteiger partial charge in [0.1, 0.15) is 0 Å². The van der Waals surface area contributed by atoms with Crippen LogP contribution in [0.3, 0.4) is 0 Å². The van der Waals surface area contributed by atoms with Gasteiger partial charge in [0.2, 0.25) is 0 Å². The van der Waals surface area contributed by atoms with Crippen LogP contribution in [-0.4, -0.2) is 43.8 Å². The summed E-state index contributed by atoms with van der Waals surface area (Å²) in [6, 6.07) is 7.45. The third-order valence-corrected chi connectivity index (χ3v) is 6.17. The van der Waals surface area contributed by atoms with Gasteiger partial charge in [-0.1, -0.05) is 26.0 Å². The Morgan fingerprint density at radius 2 is 1.95 bits per heavy atom. The molecular weight excluding hydrogens is 286 g/mol. The van der Waals surface area contributed by atoms with Gasteiger partial charge in [0.25, 0.3) is 5.91 Å². The number of carbonyl (C=O) groups is 1. The highest BCUT2D eigenvalue weighted by molar-refractivity contribution is 7.91. The SMILES string of the molecule is CCC(C)c1ccc(C(=O)N(C)C2CCS(=O)(=O)C2)cc1. The van der Waals surface area contributed by atoms with Gasteiger partial charge in [0.15, 0.2) is 9.84 Å². The molecule has 0 bridgehead atoms. The number of nitrogens with zero attached hydrogens (tertiary/aromatic N) is 1. The Morgan fingerprint density at radius 3 is 2.43 bits per heavy atom. The van der Waals surface area contributed by atoms with Crippen LogP contribution in [0.4, 0.5) is 0 Å². The molecule has 5 heteroatoms. The van der Waals surface area contributed by atoms with Gasteiger partial charge < -0.3 is 4.90 Å². The predicted octanol–water partition coefficient (Wildman–Crippen LogP) is 2.46. The van der Waals surface area contributed by atoms with Gasteiger partial charge in [0, 0.05) is 18.7 Å². The first-order valence-electron chi connectivity index (χ1n) is 7.41. The summed E-state index contributed by atoms with van der Waals surface area (Å²) in [5.74, 6) is 0.641. The molecule has 1 saturated heterocycles. The van der Waals surface area contributed by atoms with E-state index in [0.29, 0.717) is 17.9 Å². The lowest BCUT2D eigenvalue weighted by atomic mass is 9.97. The zero-order valence-electron chi connectivity index (χ0n) is 12.9. The molecule has 0 saturated carbocycles. The Hall–Kier alpha value is -1.36. The summed E-state index contributed by atoms with van der Waals surface area (Å²) in [5.41, 5.74) is 1.84. The van der Waals surface area contributed by atoms with Crippen molar-refractivity contribution >= 4 is 15.7 Å². The van der Waals surface area contributed by atoms with E-state index in [-0.39, 0.29) is 23.5 Å². The molecule has 21 heavy (non-hydrogen) atoms. The quantitative estimate of drug-likeness (QED) is 0.858. The molecule has 0 radical (unpaired) electrons. The third-order valence-electron chi connectivity index (χ3n) is 4.42. The maximum absolute atomic E-state index is 12.4. The second-order valence-corrected chi connectivity index (χ2v) is 8.13. The molecule has 1 heterocycles.